The lowest BCUT2D eigenvalue weighted by molar-refractivity contribution is 0.136. The van der Waals surface area contributed by atoms with Crippen LogP contribution in [0.2, 0.25) is 0 Å². The first kappa shape index (κ1) is 18.1. The second-order valence-corrected chi connectivity index (χ2v) is 6.49. The van der Waals surface area contributed by atoms with E-state index in [0.717, 1.165) is 24.9 Å². The maximum atomic E-state index is 12.3. The molecule has 0 saturated carbocycles. The van der Waals surface area contributed by atoms with Crippen LogP contribution in [0.15, 0.2) is 29.2 Å². The van der Waals surface area contributed by atoms with Gasteiger partial charge in [0, 0.05) is 19.7 Å². The molecule has 0 aliphatic heterocycles. The predicted octanol–water partition coefficient (Wildman–Crippen LogP) is 1.89. The summed E-state index contributed by atoms with van der Waals surface area (Å²) in [4.78, 5) is 0.333. The summed E-state index contributed by atoms with van der Waals surface area (Å²) in [6, 6.07) is 7.04. The highest BCUT2D eigenvalue weighted by atomic mass is 32.2. The van der Waals surface area contributed by atoms with Gasteiger partial charge >= 0.3 is 0 Å². The lowest BCUT2D eigenvalue weighted by Gasteiger charge is -2.12. The molecule has 2 N–H and O–H groups in total. The summed E-state index contributed by atoms with van der Waals surface area (Å²) in [6.07, 6.45) is 2.07. The molecule has 0 amide bonds. The van der Waals surface area contributed by atoms with Gasteiger partial charge in [0.25, 0.3) is 0 Å². The highest BCUT2D eigenvalue weighted by molar-refractivity contribution is 7.89. The molecule has 0 heterocycles. The molecule has 1 rings (SSSR count). The highest BCUT2D eigenvalue weighted by Gasteiger charge is 2.17. The molecule has 0 atom stereocenters. The Balaban J connectivity index is 2.57. The molecule has 0 spiro atoms. The van der Waals surface area contributed by atoms with Crippen molar-refractivity contribution in [2.45, 2.75) is 38.1 Å². The van der Waals surface area contributed by atoms with Gasteiger partial charge in [-0.05, 0) is 24.6 Å². The Labute approximate surface area is 128 Å². The van der Waals surface area contributed by atoms with Gasteiger partial charge in [0.2, 0.25) is 10.0 Å². The first-order chi connectivity index (χ1) is 10.1. The Morgan fingerprint density at radius 2 is 1.90 bits per heavy atom. The van der Waals surface area contributed by atoms with Crippen LogP contribution in [0, 0.1) is 0 Å². The van der Waals surface area contributed by atoms with Crippen molar-refractivity contribution in [3.05, 3.63) is 29.8 Å². The summed E-state index contributed by atoms with van der Waals surface area (Å²) in [5, 5.41) is 3.15. The first-order valence-corrected chi connectivity index (χ1v) is 8.96. The molecule has 0 fully saturated rings. The Morgan fingerprint density at radius 1 is 1.14 bits per heavy atom. The molecule has 0 aromatic heterocycles. The predicted molar refractivity (Wildman–Crippen MR) is 84.7 cm³/mol. The van der Waals surface area contributed by atoms with Crippen LogP contribution in [0.5, 0.6) is 0 Å². The highest BCUT2D eigenvalue weighted by Crippen LogP contribution is 2.14. The van der Waals surface area contributed by atoms with Crippen molar-refractivity contribution in [1.82, 2.24) is 10.0 Å². The normalized spacial score (nSPS) is 11.7. The lowest BCUT2D eigenvalue weighted by Crippen LogP contribution is -2.29. The first-order valence-electron chi connectivity index (χ1n) is 7.47. The van der Waals surface area contributed by atoms with E-state index in [4.69, 9.17) is 4.74 Å². The fraction of sp³-hybridized carbons (Fsp3) is 0.600. The molecule has 0 saturated heterocycles. The summed E-state index contributed by atoms with van der Waals surface area (Å²) >= 11 is 0. The van der Waals surface area contributed by atoms with Crippen LogP contribution in [0.3, 0.4) is 0 Å². The fourth-order valence-electron chi connectivity index (χ4n) is 1.85. The van der Waals surface area contributed by atoms with E-state index < -0.39 is 10.0 Å². The third-order valence-electron chi connectivity index (χ3n) is 3.01. The van der Waals surface area contributed by atoms with Crippen molar-refractivity contribution in [1.29, 1.82) is 0 Å². The van der Waals surface area contributed by atoms with Gasteiger partial charge in [-0.1, -0.05) is 38.5 Å². The van der Waals surface area contributed by atoms with E-state index in [1.165, 1.54) is 0 Å². The zero-order valence-corrected chi connectivity index (χ0v) is 13.7. The van der Waals surface area contributed by atoms with E-state index in [1.54, 1.807) is 12.1 Å². The zero-order valence-electron chi connectivity index (χ0n) is 12.9. The van der Waals surface area contributed by atoms with Crippen LogP contribution in [0.4, 0.5) is 0 Å². The van der Waals surface area contributed by atoms with Crippen LogP contribution in [0.25, 0.3) is 0 Å². The van der Waals surface area contributed by atoms with Crippen molar-refractivity contribution in [3.63, 3.8) is 0 Å². The SMILES string of the molecule is CCCCOCCNS(=O)(=O)c1ccccc1CNCC. The van der Waals surface area contributed by atoms with Gasteiger partial charge in [-0.2, -0.15) is 0 Å². The van der Waals surface area contributed by atoms with Crippen LogP contribution < -0.4 is 10.0 Å². The van der Waals surface area contributed by atoms with E-state index in [-0.39, 0.29) is 0 Å². The summed E-state index contributed by atoms with van der Waals surface area (Å²) < 4.78 is 32.6. The van der Waals surface area contributed by atoms with E-state index in [9.17, 15) is 8.42 Å². The Morgan fingerprint density at radius 3 is 2.62 bits per heavy atom. The number of benzene rings is 1. The van der Waals surface area contributed by atoms with Gasteiger partial charge in [-0.25, -0.2) is 13.1 Å². The molecular formula is C15H26N2O3S. The van der Waals surface area contributed by atoms with Gasteiger partial charge in [0.05, 0.1) is 11.5 Å². The van der Waals surface area contributed by atoms with Crippen molar-refractivity contribution < 1.29 is 13.2 Å². The molecule has 0 aliphatic carbocycles. The number of nitrogens with one attached hydrogen (secondary N) is 2. The third kappa shape index (κ3) is 6.56. The third-order valence-corrected chi connectivity index (χ3v) is 4.57. The van der Waals surface area contributed by atoms with Gasteiger partial charge in [-0.3, -0.25) is 0 Å². The molecule has 1 aromatic carbocycles. The van der Waals surface area contributed by atoms with E-state index >= 15 is 0 Å². The average Bonchev–Trinajstić information content (AvgIpc) is 2.49. The molecule has 0 radical (unpaired) electrons. The second kappa shape index (κ2) is 9.89. The molecular weight excluding hydrogens is 288 g/mol. The Hall–Kier alpha value is -0.950. The van der Waals surface area contributed by atoms with Crippen molar-refractivity contribution in [3.8, 4) is 0 Å². The Kier molecular flexibility index (Phi) is 8.52. The second-order valence-electron chi connectivity index (χ2n) is 4.75. The lowest BCUT2D eigenvalue weighted by atomic mass is 10.2. The maximum absolute atomic E-state index is 12.3. The smallest absolute Gasteiger partial charge is 0.240 e. The molecule has 6 heteroatoms. The van der Waals surface area contributed by atoms with E-state index in [2.05, 4.69) is 17.0 Å². The largest absolute Gasteiger partial charge is 0.380 e. The maximum Gasteiger partial charge on any atom is 0.240 e. The number of unbranched alkanes of at least 4 members (excludes halogenated alkanes) is 1. The van der Waals surface area contributed by atoms with Gasteiger partial charge in [0.1, 0.15) is 0 Å². The molecule has 1 aromatic rings. The number of sulfonamides is 1. The van der Waals surface area contributed by atoms with Crippen molar-refractivity contribution in [2.24, 2.45) is 0 Å². The molecule has 120 valence electrons. The summed E-state index contributed by atoms with van der Waals surface area (Å²) in [5.41, 5.74) is 0.777. The number of hydrogen-bond acceptors (Lipinski definition) is 4. The quantitative estimate of drug-likeness (QED) is 0.612. The van der Waals surface area contributed by atoms with Gasteiger partial charge < -0.3 is 10.1 Å². The van der Waals surface area contributed by atoms with Crippen molar-refractivity contribution in [2.75, 3.05) is 26.3 Å². The van der Waals surface area contributed by atoms with Crippen LogP contribution in [0.1, 0.15) is 32.3 Å². The molecule has 0 unspecified atom stereocenters. The van der Waals surface area contributed by atoms with Crippen LogP contribution in [-0.2, 0) is 21.3 Å². The zero-order chi connectivity index (χ0) is 15.6. The molecule has 21 heavy (non-hydrogen) atoms. The van der Waals surface area contributed by atoms with Crippen molar-refractivity contribution >= 4 is 10.0 Å². The Bertz CT molecular complexity index is 503. The van der Waals surface area contributed by atoms with E-state index in [0.29, 0.717) is 31.2 Å². The number of hydrogen-bond donors (Lipinski definition) is 2. The monoisotopic (exact) mass is 314 g/mol. The molecule has 0 aliphatic rings. The summed E-state index contributed by atoms with van der Waals surface area (Å²) in [6.45, 7) is 6.79. The number of rotatable bonds is 11. The summed E-state index contributed by atoms with van der Waals surface area (Å²) in [7, 11) is -3.48. The molecule has 0 bridgehead atoms. The van der Waals surface area contributed by atoms with Crippen LogP contribution in [-0.4, -0.2) is 34.7 Å². The topological polar surface area (TPSA) is 67.4 Å². The minimum absolute atomic E-state index is 0.293. The van der Waals surface area contributed by atoms with E-state index in [1.807, 2.05) is 19.1 Å². The standard InChI is InChI=1S/C15H26N2O3S/c1-3-5-11-20-12-10-17-21(18,19)15-9-7-6-8-14(15)13-16-4-2/h6-9,16-17H,3-5,10-13H2,1-2H3. The minimum atomic E-state index is -3.48. The fourth-order valence-corrected chi connectivity index (χ4v) is 3.10. The van der Waals surface area contributed by atoms with Gasteiger partial charge in [0.15, 0.2) is 0 Å². The van der Waals surface area contributed by atoms with Crippen LogP contribution >= 0.6 is 0 Å². The number of ether oxygens (including phenoxy) is 1. The molecule has 5 nitrogen and oxygen atoms in total. The average molecular weight is 314 g/mol. The summed E-state index contributed by atoms with van der Waals surface area (Å²) in [5.74, 6) is 0. The van der Waals surface area contributed by atoms with Gasteiger partial charge in [-0.15, -0.1) is 0 Å². The minimum Gasteiger partial charge on any atom is -0.380 e.